The maximum absolute atomic E-state index is 14.3. The average molecular weight is 810 g/mol. The molecule has 0 radical (unpaired) electrons. The summed E-state index contributed by atoms with van der Waals surface area (Å²) in [7, 11) is 1.45. The summed E-state index contributed by atoms with van der Waals surface area (Å²) >= 11 is 0. The number of Topliss-reactive ketones (excluding diaryl/α,β-unsaturated/α-hetero) is 1. The molecule has 3 heterocycles. The van der Waals surface area contributed by atoms with Crippen molar-refractivity contribution in [2.24, 2.45) is 4.99 Å². The van der Waals surface area contributed by atoms with Crippen molar-refractivity contribution < 1.29 is 59.2 Å². The molecule has 3 aliphatic heterocycles. The molecule has 2 aliphatic carbocycles. The maximum Gasteiger partial charge on any atom is 0.254 e. The van der Waals surface area contributed by atoms with Crippen molar-refractivity contribution in [1.82, 2.24) is 4.90 Å². The van der Waals surface area contributed by atoms with Gasteiger partial charge in [-0.25, -0.2) is 0 Å². The number of methoxy groups -OCH3 is 1. The summed E-state index contributed by atoms with van der Waals surface area (Å²) in [5, 5.41) is 66.4. The Morgan fingerprint density at radius 2 is 1.90 bits per heavy atom. The van der Waals surface area contributed by atoms with Crippen molar-refractivity contribution in [3.8, 4) is 17.2 Å². The molecular weight excluding hydrogens is 760 g/mol. The molecule has 0 spiro atoms. The largest absolute Gasteiger partial charge is 0.506 e. The minimum absolute atomic E-state index is 0.0275. The summed E-state index contributed by atoms with van der Waals surface area (Å²) in [5.74, 6) is -0.941. The molecular formula is C45H49N2O12+. The second-order valence-corrected chi connectivity index (χ2v) is 15.8. The van der Waals surface area contributed by atoms with E-state index in [2.05, 4.69) is 4.99 Å². The lowest BCUT2D eigenvalue weighted by Crippen LogP contribution is -2.69. The molecule has 5 atom stereocenters. The number of ketones is 1. The number of rotatable bonds is 15. The fourth-order valence-corrected chi connectivity index (χ4v) is 8.79. The molecule has 6 N–H and O–H groups in total. The van der Waals surface area contributed by atoms with Crippen molar-refractivity contribution in [1.29, 1.82) is 0 Å². The standard InChI is InChI=1S/C45H48N2O12/c1-56-30-16-28-17-33(26-8-2-3-9-26)39(35(50)21-47-20-27-10-4-5-11-31(27)43(47)54)41(52)38(28)36(18-30)58-44-45(55,24-49)42(53)40(51)37(59-44)23-57-22-29-19-46-34-13-12-25(7-6-14-48)15-32(29)34/h4-5,10-13,15-19,26,37,40,42,44,48-49,51,53,55H,2-3,6-9,14,20-24H2,1H3/p+1/t37-,40-,42+,44+,45-/m1/s1. The molecule has 14 heteroatoms. The number of phenolic OH excluding ortho intramolecular Hbond substituents is 1. The molecule has 59 heavy (non-hydrogen) atoms. The molecule has 1 saturated carbocycles. The number of hydrogen-bond donors (Lipinski definition) is 6. The maximum atomic E-state index is 14.3. The topological polar surface area (TPSA) is 208 Å². The van der Waals surface area contributed by atoms with E-state index in [1.165, 1.54) is 18.1 Å². The predicted molar refractivity (Wildman–Crippen MR) is 215 cm³/mol. The first-order valence-electron chi connectivity index (χ1n) is 20.1. The molecule has 1 amide bonds. The Kier molecular flexibility index (Phi) is 11.7. The highest BCUT2D eigenvalue weighted by atomic mass is 16.7. The average Bonchev–Trinajstić information content (AvgIpc) is 4.00. The van der Waals surface area contributed by atoms with Gasteiger partial charge in [0.2, 0.25) is 6.29 Å². The number of allylic oxidation sites excluding steroid dienone is 4. The number of aromatic hydroxyl groups is 1. The Bertz CT molecular complexity index is 2260. The molecule has 1 saturated heterocycles. The summed E-state index contributed by atoms with van der Waals surface area (Å²) in [5.41, 5.74) is 2.95. The van der Waals surface area contributed by atoms with E-state index in [9.17, 15) is 40.2 Å². The van der Waals surface area contributed by atoms with E-state index < -0.39 is 48.3 Å². The zero-order valence-electron chi connectivity index (χ0n) is 32.8. The number of carbonyl (C=O) groups is 2. The van der Waals surface area contributed by atoms with E-state index in [0.29, 0.717) is 35.1 Å². The third-order valence-electron chi connectivity index (χ3n) is 12.1. The highest BCUT2D eigenvalue weighted by Crippen LogP contribution is 2.47. The zero-order valence-corrected chi connectivity index (χ0v) is 32.8. The number of nitrogens with zero attached hydrogens (tertiary/aromatic N) is 2. The Morgan fingerprint density at radius 1 is 1.10 bits per heavy atom. The van der Waals surface area contributed by atoms with Gasteiger partial charge in [0, 0.05) is 48.9 Å². The van der Waals surface area contributed by atoms with Gasteiger partial charge in [-0.2, -0.15) is 4.99 Å². The van der Waals surface area contributed by atoms with Crippen molar-refractivity contribution in [3.63, 3.8) is 0 Å². The van der Waals surface area contributed by atoms with Crippen molar-refractivity contribution in [2.45, 2.75) is 81.2 Å². The van der Waals surface area contributed by atoms with Gasteiger partial charge in [-0.15, -0.1) is 0 Å². The first kappa shape index (κ1) is 40.7. The van der Waals surface area contributed by atoms with Crippen LogP contribution in [0.15, 0.2) is 82.0 Å². The first-order chi connectivity index (χ1) is 28.5. The third-order valence-corrected chi connectivity index (χ3v) is 12.1. The van der Waals surface area contributed by atoms with Crippen molar-refractivity contribution in [3.05, 3.63) is 106 Å². The van der Waals surface area contributed by atoms with E-state index in [-0.39, 0.29) is 61.4 Å². The number of amides is 1. The summed E-state index contributed by atoms with van der Waals surface area (Å²) in [6, 6.07) is 12.1. The van der Waals surface area contributed by atoms with E-state index in [1.807, 2.05) is 36.8 Å². The van der Waals surface area contributed by atoms with Crippen LogP contribution in [-0.4, -0.2) is 124 Å². The van der Waals surface area contributed by atoms with E-state index in [1.54, 1.807) is 24.4 Å². The van der Waals surface area contributed by atoms with Crippen LogP contribution < -0.4 is 9.47 Å². The van der Waals surface area contributed by atoms with Crippen LogP contribution in [0.25, 0.3) is 10.8 Å². The second-order valence-electron chi connectivity index (χ2n) is 15.8. The quantitative estimate of drug-likeness (QED) is 0.0958. The lowest BCUT2D eigenvalue weighted by molar-refractivity contribution is -0.328. The van der Waals surface area contributed by atoms with Crippen LogP contribution >= 0.6 is 0 Å². The molecule has 310 valence electrons. The number of aliphatic hydroxyl groups excluding tert-OH is 4. The monoisotopic (exact) mass is 809 g/mol. The number of phenols is 1. The van der Waals surface area contributed by atoms with Gasteiger partial charge >= 0.3 is 0 Å². The highest BCUT2D eigenvalue weighted by Gasteiger charge is 2.56. The molecule has 0 unspecified atom stereocenters. The number of hydrogen-bond acceptors (Lipinski definition) is 13. The third kappa shape index (κ3) is 7.66. The van der Waals surface area contributed by atoms with Crippen molar-refractivity contribution >= 4 is 28.7 Å². The lowest BCUT2D eigenvalue weighted by Gasteiger charge is -2.47. The van der Waals surface area contributed by atoms with Crippen LogP contribution in [0, 0.1) is 6.42 Å². The van der Waals surface area contributed by atoms with Gasteiger partial charge in [-0.05, 0) is 66.3 Å². The fraction of sp³-hybridized carbons (Fsp3) is 0.422. The van der Waals surface area contributed by atoms with E-state index in [0.717, 1.165) is 53.7 Å². The Hall–Kier alpha value is -5.06. The minimum Gasteiger partial charge on any atom is -0.506 e. The van der Waals surface area contributed by atoms with E-state index in [4.69, 9.17) is 18.9 Å². The zero-order chi connectivity index (χ0) is 41.4. The van der Waals surface area contributed by atoms with Crippen LogP contribution in [0.1, 0.15) is 76.3 Å². The normalized spacial score (nSPS) is 25.3. The number of fused-ring (bicyclic) bond motifs is 3. The Balaban J connectivity index is 1.08. The van der Waals surface area contributed by atoms with Gasteiger partial charge in [0.1, 0.15) is 47.7 Å². The van der Waals surface area contributed by atoms with Crippen LogP contribution in [0.3, 0.4) is 0 Å². The predicted octanol–water partition coefficient (Wildman–Crippen LogP) is 3.80. The molecule has 0 aromatic heterocycles. The van der Waals surface area contributed by atoms with Crippen molar-refractivity contribution in [2.75, 3.05) is 40.1 Å². The fourth-order valence-electron chi connectivity index (χ4n) is 8.79. The molecule has 8 rings (SSSR count). The SMILES string of the molecule is COc1cc(O[C@H]2O[C@H](COCC3=C4[CH+]C(CCCO)=CC=C4N=C3)[C@@H](O)[C@H](O)[C@]2(O)CO)c2c(O)c(C(=O)CN3Cc4ccccc4C3=O)c(C3CCCC3)cc2c1. The molecule has 3 aromatic carbocycles. The second kappa shape index (κ2) is 16.9. The van der Waals surface area contributed by atoms with E-state index >= 15 is 0 Å². The first-order valence-corrected chi connectivity index (χ1v) is 20.1. The summed E-state index contributed by atoms with van der Waals surface area (Å²) in [4.78, 5) is 33.6. The summed E-state index contributed by atoms with van der Waals surface area (Å²) in [6.07, 6.45) is 5.62. The number of aliphatic imine (C=N–C) groups is 1. The molecule has 3 aromatic rings. The summed E-state index contributed by atoms with van der Waals surface area (Å²) in [6.45, 7) is -1.21. The molecule has 14 nitrogen and oxygen atoms in total. The van der Waals surface area contributed by atoms with Crippen LogP contribution in [0.2, 0.25) is 0 Å². The number of aliphatic hydroxyl groups is 5. The summed E-state index contributed by atoms with van der Waals surface area (Å²) < 4.78 is 24.0. The smallest absolute Gasteiger partial charge is 0.254 e. The Morgan fingerprint density at radius 3 is 2.64 bits per heavy atom. The Labute approximate surface area is 341 Å². The van der Waals surface area contributed by atoms with Crippen LogP contribution in [0.4, 0.5) is 0 Å². The van der Waals surface area contributed by atoms with Crippen LogP contribution in [0.5, 0.6) is 17.2 Å². The van der Waals surface area contributed by atoms with Gasteiger partial charge in [0.15, 0.2) is 17.1 Å². The van der Waals surface area contributed by atoms with Gasteiger partial charge < -0.3 is 54.5 Å². The molecule has 5 aliphatic rings. The molecule has 2 fully saturated rings. The van der Waals surface area contributed by atoms with Gasteiger partial charge in [0.05, 0.1) is 49.6 Å². The highest BCUT2D eigenvalue weighted by molar-refractivity contribution is 6.11. The number of ether oxygens (including phenoxy) is 4. The van der Waals surface area contributed by atoms with Crippen LogP contribution in [-0.2, 0) is 16.0 Å². The minimum atomic E-state index is -2.55. The van der Waals surface area contributed by atoms with Gasteiger partial charge in [-0.1, -0.05) is 31.0 Å². The number of benzene rings is 3. The lowest BCUT2D eigenvalue weighted by atomic mass is 9.86. The van der Waals surface area contributed by atoms with Gasteiger partial charge in [0.25, 0.3) is 5.91 Å². The molecule has 0 bridgehead atoms. The number of carbonyl (C=O) groups excluding carboxylic acids is 2. The van der Waals surface area contributed by atoms with Gasteiger partial charge in [-0.3, -0.25) is 9.59 Å².